The Morgan fingerprint density at radius 3 is 2.46 bits per heavy atom. The average molecular weight is 349 g/mol. The van der Waals surface area contributed by atoms with Gasteiger partial charge in [0.2, 0.25) is 0 Å². The third kappa shape index (κ3) is 4.43. The number of rotatable bonds is 5. The Morgan fingerprint density at radius 1 is 1.29 bits per heavy atom. The van der Waals surface area contributed by atoms with E-state index in [4.69, 9.17) is 0 Å². The van der Waals surface area contributed by atoms with Gasteiger partial charge in [-0.1, -0.05) is 0 Å². The summed E-state index contributed by atoms with van der Waals surface area (Å²) in [6.45, 7) is -2.97. The summed E-state index contributed by atoms with van der Waals surface area (Å²) in [4.78, 5) is 17.1. The molecule has 0 aliphatic rings. The first kappa shape index (κ1) is 17.7. The van der Waals surface area contributed by atoms with Crippen LogP contribution in [-0.4, -0.2) is 33.8 Å². The van der Waals surface area contributed by atoms with Crippen molar-refractivity contribution in [2.75, 3.05) is 7.05 Å². The topological polar surface area (TPSA) is 47.4 Å². The number of hydrogen-bond acceptors (Lipinski definition) is 3. The molecule has 1 aromatic heterocycles. The van der Waals surface area contributed by atoms with Crippen LogP contribution < -0.4 is 4.74 Å². The molecule has 0 aliphatic carbocycles. The predicted octanol–water partition coefficient (Wildman–Crippen LogP) is 3.45. The predicted molar refractivity (Wildman–Crippen MR) is 72.4 cm³/mol. The summed E-state index contributed by atoms with van der Waals surface area (Å²) >= 11 is 0. The fourth-order valence-electron chi connectivity index (χ4n) is 1.95. The molecule has 0 unspecified atom stereocenters. The quantitative estimate of drug-likeness (QED) is 0.777. The number of halogens is 5. The SMILES string of the molecule is CN(Cc1nccn1C(F)F)C(=O)c1ccc(OC(F)(F)F)cc1. The summed E-state index contributed by atoms with van der Waals surface area (Å²) in [6, 6.07) is 4.29. The lowest BCUT2D eigenvalue weighted by atomic mass is 10.2. The minimum absolute atomic E-state index is 0.0159. The van der Waals surface area contributed by atoms with Gasteiger partial charge in [0.1, 0.15) is 11.6 Å². The number of carbonyl (C=O) groups excluding carboxylic acids is 1. The van der Waals surface area contributed by atoms with Crippen LogP contribution in [-0.2, 0) is 6.54 Å². The molecule has 1 amide bonds. The van der Waals surface area contributed by atoms with Crippen molar-refractivity contribution in [3.05, 3.63) is 48.0 Å². The number of imidazole rings is 1. The molecule has 0 radical (unpaired) electrons. The monoisotopic (exact) mass is 349 g/mol. The Hall–Kier alpha value is -2.65. The summed E-state index contributed by atoms with van der Waals surface area (Å²) in [5.74, 6) is -1.04. The van der Waals surface area contributed by atoms with E-state index in [2.05, 4.69) is 9.72 Å². The van der Waals surface area contributed by atoms with Gasteiger partial charge in [0.15, 0.2) is 0 Å². The van der Waals surface area contributed by atoms with Crippen LogP contribution in [0.25, 0.3) is 0 Å². The van der Waals surface area contributed by atoms with E-state index in [0.717, 1.165) is 35.4 Å². The third-order valence-electron chi connectivity index (χ3n) is 3.02. The zero-order valence-corrected chi connectivity index (χ0v) is 12.3. The van der Waals surface area contributed by atoms with Crippen molar-refractivity contribution >= 4 is 5.91 Å². The van der Waals surface area contributed by atoms with E-state index in [1.54, 1.807) is 0 Å². The number of aromatic nitrogens is 2. The second kappa shape index (κ2) is 6.85. The molecule has 1 aromatic carbocycles. The van der Waals surface area contributed by atoms with Crippen LogP contribution in [0.15, 0.2) is 36.7 Å². The van der Waals surface area contributed by atoms with Gasteiger partial charge < -0.3 is 9.64 Å². The van der Waals surface area contributed by atoms with E-state index in [1.807, 2.05) is 0 Å². The summed E-state index contributed by atoms with van der Waals surface area (Å²) < 4.78 is 66.0. The van der Waals surface area contributed by atoms with Gasteiger partial charge in [-0.3, -0.25) is 9.36 Å². The molecule has 0 spiro atoms. The van der Waals surface area contributed by atoms with Crippen molar-refractivity contribution < 1.29 is 31.5 Å². The molecule has 0 saturated heterocycles. The molecule has 130 valence electrons. The zero-order valence-electron chi connectivity index (χ0n) is 12.3. The first-order valence-electron chi connectivity index (χ1n) is 6.58. The summed E-state index contributed by atoms with van der Waals surface area (Å²) in [6.07, 6.45) is -2.56. The smallest absolute Gasteiger partial charge is 0.406 e. The van der Waals surface area contributed by atoms with Crippen molar-refractivity contribution in [1.82, 2.24) is 14.5 Å². The maximum Gasteiger partial charge on any atom is 0.573 e. The number of amides is 1. The summed E-state index contributed by atoms with van der Waals surface area (Å²) in [7, 11) is 1.37. The molecule has 0 aliphatic heterocycles. The molecule has 10 heteroatoms. The molecule has 2 aromatic rings. The van der Waals surface area contributed by atoms with Crippen LogP contribution in [0.4, 0.5) is 22.0 Å². The van der Waals surface area contributed by atoms with E-state index in [9.17, 15) is 26.7 Å². The standard InChI is InChI=1S/C14H12F5N3O2/c1-21(8-11-20-6-7-22(11)13(15)16)12(23)9-2-4-10(5-3-9)24-14(17,18)19/h2-7,13H,8H2,1H3. The minimum atomic E-state index is -4.82. The second-order valence-electron chi connectivity index (χ2n) is 4.76. The number of carbonyl (C=O) groups is 1. The molecule has 0 atom stereocenters. The molecule has 1 heterocycles. The van der Waals surface area contributed by atoms with Gasteiger partial charge >= 0.3 is 12.9 Å². The number of ether oxygens (including phenoxy) is 1. The number of nitrogens with zero attached hydrogens (tertiary/aromatic N) is 3. The first-order valence-corrected chi connectivity index (χ1v) is 6.58. The van der Waals surface area contributed by atoms with Crippen LogP contribution >= 0.6 is 0 Å². The Bertz CT molecular complexity index is 697. The van der Waals surface area contributed by atoms with Gasteiger partial charge in [-0.05, 0) is 24.3 Å². The van der Waals surface area contributed by atoms with E-state index >= 15 is 0 Å². The highest BCUT2D eigenvalue weighted by Gasteiger charge is 2.31. The number of hydrogen-bond donors (Lipinski definition) is 0. The highest BCUT2D eigenvalue weighted by atomic mass is 19.4. The van der Waals surface area contributed by atoms with E-state index in [-0.39, 0.29) is 17.9 Å². The van der Waals surface area contributed by atoms with Gasteiger partial charge in [0.05, 0.1) is 6.54 Å². The lowest BCUT2D eigenvalue weighted by Gasteiger charge is -2.18. The molecular weight excluding hydrogens is 337 g/mol. The maximum absolute atomic E-state index is 12.7. The fraction of sp³-hybridized carbons (Fsp3) is 0.286. The van der Waals surface area contributed by atoms with Crippen molar-refractivity contribution in [1.29, 1.82) is 0 Å². The van der Waals surface area contributed by atoms with Gasteiger partial charge in [-0.15, -0.1) is 13.2 Å². The second-order valence-corrected chi connectivity index (χ2v) is 4.76. The Morgan fingerprint density at radius 2 is 1.92 bits per heavy atom. The molecule has 2 rings (SSSR count). The highest BCUT2D eigenvalue weighted by Crippen LogP contribution is 2.23. The van der Waals surface area contributed by atoms with Crippen LogP contribution in [0, 0.1) is 0 Å². The third-order valence-corrected chi connectivity index (χ3v) is 3.02. The highest BCUT2D eigenvalue weighted by molar-refractivity contribution is 5.94. The lowest BCUT2D eigenvalue weighted by molar-refractivity contribution is -0.274. The zero-order chi connectivity index (χ0) is 17.9. The number of benzene rings is 1. The van der Waals surface area contributed by atoms with E-state index < -0.39 is 24.6 Å². The summed E-state index contributed by atoms with van der Waals surface area (Å²) in [5, 5.41) is 0. The molecule has 0 bridgehead atoms. The van der Waals surface area contributed by atoms with Crippen LogP contribution in [0.1, 0.15) is 22.7 Å². The van der Waals surface area contributed by atoms with Crippen molar-refractivity contribution in [3.8, 4) is 5.75 Å². The molecule has 5 nitrogen and oxygen atoms in total. The van der Waals surface area contributed by atoms with Gasteiger partial charge in [0, 0.05) is 25.0 Å². The molecule has 24 heavy (non-hydrogen) atoms. The van der Waals surface area contributed by atoms with Crippen molar-refractivity contribution in [2.24, 2.45) is 0 Å². The Balaban J connectivity index is 2.06. The van der Waals surface area contributed by atoms with Gasteiger partial charge in [-0.2, -0.15) is 8.78 Å². The fourth-order valence-corrected chi connectivity index (χ4v) is 1.95. The van der Waals surface area contributed by atoms with E-state index in [1.165, 1.54) is 13.2 Å². The molecule has 0 saturated carbocycles. The largest absolute Gasteiger partial charge is 0.573 e. The molecule has 0 fully saturated rings. The van der Waals surface area contributed by atoms with Crippen LogP contribution in [0.5, 0.6) is 5.75 Å². The average Bonchev–Trinajstić information content (AvgIpc) is 2.94. The Labute approximate surface area is 133 Å². The van der Waals surface area contributed by atoms with Crippen molar-refractivity contribution in [3.63, 3.8) is 0 Å². The van der Waals surface area contributed by atoms with Crippen LogP contribution in [0.3, 0.4) is 0 Å². The van der Waals surface area contributed by atoms with Gasteiger partial charge in [0.25, 0.3) is 5.91 Å². The van der Waals surface area contributed by atoms with Crippen LogP contribution in [0.2, 0.25) is 0 Å². The molecule has 0 N–H and O–H groups in total. The summed E-state index contributed by atoms with van der Waals surface area (Å²) in [5.41, 5.74) is 0.0853. The first-order chi connectivity index (χ1) is 11.2. The maximum atomic E-state index is 12.7. The Kier molecular flexibility index (Phi) is 5.05. The molecular formula is C14H12F5N3O2. The minimum Gasteiger partial charge on any atom is -0.406 e. The lowest BCUT2D eigenvalue weighted by Crippen LogP contribution is -2.27. The van der Waals surface area contributed by atoms with Gasteiger partial charge in [-0.25, -0.2) is 4.98 Å². The van der Waals surface area contributed by atoms with E-state index in [0.29, 0.717) is 4.57 Å². The number of alkyl halides is 5. The normalized spacial score (nSPS) is 11.6. The van der Waals surface area contributed by atoms with Crippen molar-refractivity contribution in [2.45, 2.75) is 19.5 Å².